The Bertz CT molecular complexity index is 357. The molecule has 0 aromatic carbocycles. The van der Waals surface area contributed by atoms with E-state index in [-0.39, 0.29) is 12.6 Å². The van der Waals surface area contributed by atoms with Crippen molar-refractivity contribution in [2.75, 3.05) is 19.9 Å². The summed E-state index contributed by atoms with van der Waals surface area (Å²) in [4.78, 5) is 0. The second kappa shape index (κ2) is 4.59. The van der Waals surface area contributed by atoms with Crippen LogP contribution in [0.2, 0.25) is 0 Å². The van der Waals surface area contributed by atoms with Crippen molar-refractivity contribution in [2.24, 2.45) is 0 Å². The van der Waals surface area contributed by atoms with Gasteiger partial charge in [0.15, 0.2) is 0 Å². The first kappa shape index (κ1) is 11.2. The standard InChI is InChI=1S/C8H13NO4S/c1-12-8(6-9-14(2,10)11)7-4-3-5-13-7/h3-5,8-9H,6H2,1-2H3. The molecule has 0 aliphatic heterocycles. The minimum absolute atomic E-state index is 0.169. The largest absolute Gasteiger partial charge is 0.467 e. The molecule has 6 heteroatoms. The average molecular weight is 219 g/mol. The van der Waals surface area contributed by atoms with Crippen LogP contribution in [0.1, 0.15) is 11.9 Å². The van der Waals surface area contributed by atoms with Crippen molar-refractivity contribution in [3.8, 4) is 0 Å². The number of hydrogen-bond acceptors (Lipinski definition) is 4. The molecule has 1 aromatic heterocycles. The van der Waals surface area contributed by atoms with Crippen molar-refractivity contribution >= 4 is 10.0 Å². The van der Waals surface area contributed by atoms with E-state index in [1.54, 1.807) is 12.1 Å². The van der Waals surface area contributed by atoms with Crippen LogP contribution in [-0.2, 0) is 14.8 Å². The number of furan rings is 1. The average Bonchev–Trinajstić information content (AvgIpc) is 2.56. The predicted octanol–water partition coefficient (Wildman–Crippen LogP) is 0.516. The lowest BCUT2D eigenvalue weighted by Crippen LogP contribution is -2.27. The Labute approximate surface area is 83.1 Å². The summed E-state index contributed by atoms with van der Waals surface area (Å²) in [6.45, 7) is 0.169. The van der Waals surface area contributed by atoms with Crippen LogP contribution in [0, 0.1) is 0 Å². The minimum Gasteiger partial charge on any atom is -0.467 e. The smallest absolute Gasteiger partial charge is 0.208 e. The zero-order valence-electron chi connectivity index (χ0n) is 8.06. The normalized spacial score (nSPS) is 14.1. The number of rotatable bonds is 5. The Morgan fingerprint density at radius 3 is 2.79 bits per heavy atom. The fraction of sp³-hybridized carbons (Fsp3) is 0.500. The lowest BCUT2D eigenvalue weighted by molar-refractivity contribution is 0.0879. The van der Waals surface area contributed by atoms with Crippen molar-refractivity contribution < 1.29 is 17.6 Å². The Morgan fingerprint density at radius 1 is 1.64 bits per heavy atom. The Morgan fingerprint density at radius 2 is 2.36 bits per heavy atom. The van der Waals surface area contributed by atoms with Gasteiger partial charge in [-0.2, -0.15) is 0 Å². The maximum Gasteiger partial charge on any atom is 0.208 e. The summed E-state index contributed by atoms with van der Waals surface area (Å²) in [5.74, 6) is 0.601. The van der Waals surface area contributed by atoms with Crippen LogP contribution >= 0.6 is 0 Å². The van der Waals surface area contributed by atoms with Crippen LogP contribution in [0.25, 0.3) is 0 Å². The van der Waals surface area contributed by atoms with Gasteiger partial charge < -0.3 is 9.15 Å². The molecule has 1 aromatic rings. The van der Waals surface area contributed by atoms with Crippen LogP contribution < -0.4 is 4.72 Å². The van der Waals surface area contributed by atoms with Crippen molar-refractivity contribution in [2.45, 2.75) is 6.10 Å². The van der Waals surface area contributed by atoms with E-state index in [4.69, 9.17) is 9.15 Å². The van der Waals surface area contributed by atoms with Gasteiger partial charge in [-0.25, -0.2) is 13.1 Å². The summed E-state index contributed by atoms with van der Waals surface area (Å²) in [7, 11) is -1.69. The Hall–Kier alpha value is -0.850. The fourth-order valence-electron chi connectivity index (χ4n) is 1.00. The summed E-state index contributed by atoms with van der Waals surface area (Å²) in [6.07, 6.45) is 2.23. The fourth-order valence-corrected chi connectivity index (χ4v) is 1.46. The molecule has 1 atom stereocenters. The van der Waals surface area contributed by atoms with Crippen LogP contribution in [-0.4, -0.2) is 28.3 Å². The van der Waals surface area contributed by atoms with Gasteiger partial charge in [0.25, 0.3) is 0 Å². The monoisotopic (exact) mass is 219 g/mol. The van der Waals surface area contributed by atoms with Crippen molar-refractivity contribution in [1.29, 1.82) is 0 Å². The third kappa shape index (κ3) is 3.49. The topological polar surface area (TPSA) is 68.5 Å². The molecule has 1 heterocycles. The molecule has 5 nitrogen and oxygen atoms in total. The first-order valence-electron chi connectivity index (χ1n) is 4.04. The molecule has 0 aliphatic rings. The third-order valence-corrected chi connectivity index (χ3v) is 2.37. The molecule has 0 spiro atoms. The predicted molar refractivity (Wildman–Crippen MR) is 51.3 cm³/mol. The SMILES string of the molecule is COC(CNS(C)(=O)=O)c1ccco1. The van der Waals surface area contributed by atoms with Crippen LogP contribution in [0.3, 0.4) is 0 Å². The molecule has 0 radical (unpaired) electrons. The van der Waals surface area contributed by atoms with Crippen molar-refractivity contribution in [3.05, 3.63) is 24.2 Å². The quantitative estimate of drug-likeness (QED) is 0.783. The third-order valence-electron chi connectivity index (χ3n) is 1.68. The molecule has 14 heavy (non-hydrogen) atoms. The number of nitrogens with one attached hydrogen (secondary N) is 1. The Kier molecular flexibility index (Phi) is 3.68. The molecule has 1 N–H and O–H groups in total. The van der Waals surface area contributed by atoms with Gasteiger partial charge in [0.05, 0.1) is 12.5 Å². The maximum absolute atomic E-state index is 10.8. The lowest BCUT2D eigenvalue weighted by Gasteiger charge is -2.12. The minimum atomic E-state index is -3.19. The van der Waals surface area contributed by atoms with E-state index >= 15 is 0 Å². The molecular formula is C8H13NO4S. The van der Waals surface area contributed by atoms with Gasteiger partial charge in [-0.1, -0.05) is 0 Å². The molecule has 0 saturated carbocycles. The summed E-state index contributed by atoms with van der Waals surface area (Å²) in [5.41, 5.74) is 0. The number of methoxy groups -OCH3 is 1. The lowest BCUT2D eigenvalue weighted by atomic mass is 10.3. The van der Waals surface area contributed by atoms with Gasteiger partial charge in [0.2, 0.25) is 10.0 Å². The summed E-state index contributed by atoms with van der Waals surface area (Å²) >= 11 is 0. The second-order valence-electron chi connectivity index (χ2n) is 2.86. The van der Waals surface area contributed by atoms with E-state index in [2.05, 4.69) is 4.72 Å². The van der Waals surface area contributed by atoms with E-state index < -0.39 is 10.0 Å². The van der Waals surface area contributed by atoms with Crippen LogP contribution in [0.4, 0.5) is 0 Å². The van der Waals surface area contributed by atoms with Crippen molar-refractivity contribution in [1.82, 2.24) is 4.72 Å². The molecule has 1 unspecified atom stereocenters. The summed E-state index contributed by atoms with van der Waals surface area (Å²) < 4.78 is 34.2. The van der Waals surface area contributed by atoms with Gasteiger partial charge in [0.1, 0.15) is 11.9 Å². The highest BCUT2D eigenvalue weighted by Gasteiger charge is 2.14. The highest BCUT2D eigenvalue weighted by molar-refractivity contribution is 7.88. The van der Waals surface area contributed by atoms with Crippen molar-refractivity contribution in [3.63, 3.8) is 0 Å². The zero-order valence-corrected chi connectivity index (χ0v) is 8.87. The molecule has 0 amide bonds. The molecular weight excluding hydrogens is 206 g/mol. The number of ether oxygens (including phenoxy) is 1. The highest BCUT2D eigenvalue weighted by atomic mass is 32.2. The number of hydrogen-bond donors (Lipinski definition) is 1. The molecule has 0 saturated heterocycles. The second-order valence-corrected chi connectivity index (χ2v) is 4.69. The summed E-state index contributed by atoms with van der Waals surface area (Å²) in [6, 6.07) is 3.46. The van der Waals surface area contributed by atoms with E-state index in [0.29, 0.717) is 5.76 Å². The highest BCUT2D eigenvalue weighted by Crippen LogP contribution is 2.15. The van der Waals surface area contributed by atoms with E-state index in [0.717, 1.165) is 6.26 Å². The van der Waals surface area contributed by atoms with Gasteiger partial charge in [-0.3, -0.25) is 0 Å². The van der Waals surface area contributed by atoms with Gasteiger partial charge in [-0.05, 0) is 12.1 Å². The van der Waals surface area contributed by atoms with E-state index in [9.17, 15) is 8.42 Å². The summed E-state index contributed by atoms with van der Waals surface area (Å²) in [5, 5.41) is 0. The van der Waals surface area contributed by atoms with E-state index in [1.165, 1.54) is 13.4 Å². The molecule has 0 aliphatic carbocycles. The first-order valence-corrected chi connectivity index (χ1v) is 5.93. The van der Waals surface area contributed by atoms with Gasteiger partial charge in [-0.15, -0.1) is 0 Å². The molecule has 0 fully saturated rings. The van der Waals surface area contributed by atoms with E-state index in [1.807, 2.05) is 0 Å². The zero-order chi connectivity index (χ0) is 10.6. The van der Waals surface area contributed by atoms with Crippen LogP contribution in [0.15, 0.2) is 22.8 Å². The van der Waals surface area contributed by atoms with Gasteiger partial charge in [0, 0.05) is 13.7 Å². The number of sulfonamides is 1. The van der Waals surface area contributed by atoms with Gasteiger partial charge >= 0.3 is 0 Å². The molecule has 0 bridgehead atoms. The van der Waals surface area contributed by atoms with Crippen LogP contribution in [0.5, 0.6) is 0 Å². The maximum atomic E-state index is 10.8. The molecule has 80 valence electrons. The first-order chi connectivity index (χ1) is 6.53. The molecule has 1 rings (SSSR count). The Balaban J connectivity index is 2.57.